The standard InChI is InChI=1S/C72H42O2/c1-2-18-45-40-48(35-34-43(45)16-1)67-52-22-5-6-23-53(52)69(60-29-15-33-66-71(60)59-26-10-12-32-65(59)73-66)56-38-36-46(41-62(56)67)47-37-39-57-63(42-47)70(61-30-14-28-58-50-21-9-11-31-64(50)74-72(58)61)55-25-8-7-24-54(55)68(57)51-27-13-19-44-17-3-4-20-49(44)51/h1-42H. The van der Waals surface area contributed by atoms with Gasteiger partial charge in [0.15, 0.2) is 0 Å². The Hall–Kier alpha value is -9.76. The van der Waals surface area contributed by atoms with Crippen molar-refractivity contribution in [3.8, 4) is 55.6 Å². The Bertz CT molecular complexity index is 5020. The van der Waals surface area contributed by atoms with Crippen LogP contribution in [0.15, 0.2) is 264 Å². The number of furan rings is 2. The Morgan fingerprint density at radius 1 is 0.203 bits per heavy atom. The molecule has 0 aliphatic heterocycles. The minimum Gasteiger partial charge on any atom is -0.456 e. The summed E-state index contributed by atoms with van der Waals surface area (Å²) in [6.45, 7) is 0. The predicted molar refractivity (Wildman–Crippen MR) is 313 cm³/mol. The number of benzene rings is 14. The summed E-state index contributed by atoms with van der Waals surface area (Å²) in [6, 6.07) is 93.4. The topological polar surface area (TPSA) is 26.3 Å². The van der Waals surface area contributed by atoms with Gasteiger partial charge in [0.25, 0.3) is 0 Å². The molecule has 74 heavy (non-hydrogen) atoms. The zero-order valence-electron chi connectivity index (χ0n) is 40.1. The third-order valence-corrected chi connectivity index (χ3v) is 15.8. The second kappa shape index (κ2) is 15.9. The number of fused-ring (bicyclic) bond motifs is 12. The van der Waals surface area contributed by atoms with Gasteiger partial charge in [-0.15, -0.1) is 0 Å². The van der Waals surface area contributed by atoms with E-state index >= 15 is 0 Å². The average molecular weight is 939 g/mol. The molecular weight excluding hydrogens is 897 g/mol. The van der Waals surface area contributed by atoms with Gasteiger partial charge in [0.1, 0.15) is 22.3 Å². The Kier molecular flexibility index (Phi) is 8.78. The highest BCUT2D eigenvalue weighted by Crippen LogP contribution is 2.51. The third-order valence-electron chi connectivity index (χ3n) is 15.8. The Labute approximate surface area is 425 Å². The highest BCUT2D eigenvalue weighted by Gasteiger charge is 2.24. The second-order valence-electron chi connectivity index (χ2n) is 19.8. The molecule has 0 radical (unpaired) electrons. The molecule has 2 nitrogen and oxygen atoms in total. The van der Waals surface area contributed by atoms with Crippen LogP contribution in [0, 0.1) is 0 Å². The van der Waals surface area contributed by atoms with E-state index in [1.165, 1.54) is 92.5 Å². The molecule has 2 aromatic heterocycles. The lowest BCUT2D eigenvalue weighted by atomic mass is 9.82. The van der Waals surface area contributed by atoms with Crippen LogP contribution in [0.4, 0.5) is 0 Å². The van der Waals surface area contributed by atoms with Crippen LogP contribution in [0.5, 0.6) is 0 Å². The van der Waals surface area contributed by atoms with Crippen molar-refractivity contribution in [3.05, 3.63) is 255 Å². The van der Waals surface area contributed by atoms with Crippen LogP contribution in [0.2, 0.25) is 0 Å². The van der Waals surface area contributed by atoms with E-state index in [2.05, 4.69) is 255 Å². The molecule has 0 spiro atoms. The van der Waals surface area contributed by atoms with Crippen molar-refractivity contribution in [2.24, 2.45) is 0 Å². The fourth-order valence-corrected chi connectivity index (χ4v) is 12.6. The quantitative estimate of drug-likeness (QED) is 0.161. The van der Waals surface area contributed by atoms with Crippen LogP contribution in [-0.2, 0) is 0 Å². The molecule has 0 amide bonds. The van der Waals surface area contributed by atoms with Crippen LogP contribution in [0.3, 0.4) is 0 Å². The SMILES string of the molecule is c1ccc2cc(-c3c4ccccc4c(-c4cccc5oc6ccccc6c45)c4ccc(-c5ccc6c(-c7cccc8ccccc78)c7ccccc7c(-c7cccc8c7oc7ccccc78)c6c5)cc34)ccc2c1. The summed E-state index contributed by atoms with van der Waals surface area (Å²) in [5, 5.41) is 18.9. The van der Waals surface area contributed by atoms with Gasteiger partial charge in [-0.05, 0) is 146 Å². The molecule has 0 saturated heterocycles. The van der Waals surface area contributed by atoms with Crippen molar-refractivity contribution < 1.29 is 8.83 Å². The zero-order chi connectivity index (χ0) is 48.4. The molecule has 0 unspecified atom stereocenters. The van der Waals surface area contributed by atoms with Crippen molar-refractivity contribution >= 4 is 109 Å². The lowest BCUT2D eigenvalue weighted by molar-refractivity contribution is 0.669. The lowest BCUT2D eigenvalue weighted by Gasteiger charge is -2.21. The monoisotopic (exact) mass is 938 g/mol. The van der Waals surface area contributed by atoms with E-state index in [-0.39, 0.29) is 0 Å². The number of hydrogen-bond acceptors (Lipinski definition) is 2. The summed E-state index contributed by atoms with van der Waals surface area (Å²) in [5.74, 6) is 0. The zero-order valence-corrected chi connectivity index (χ0v) is 40.1. The van der Waals surface area contributed by atoms with Gasteiger partial charge >= 0.3 is 0 Å². The van der Waals surface area contributed by atoms with Crippen LogP contribution in [0.1, 0.15) is 0 Å². The summed E-state index contributed by atoms with van der Waals surface area (Å²) in [7, 11) is 0. The van der Waals surface area contributed by atoms with Gasteiger partial charge in [-0.3, -0.25) is 0 Å². The number of para-hydroxylation sites is 3. The van der Waals surface area contributed by atoms with E-state index in [1.54, 1.807) is 0 Å². The highest BCUT2D eigenvalue weighted by atomic mass is 16.3. The Balaban J connectivity index is 1.02. The molecule has 14 aromatic carbocycles. The fourth-order valence-electron chi connectivity index (χ4n) is 12.6. The van der Waals surface area contributed by atoms with E-state index < -0.39 is 0 Å². The summed E-state index contributed by atoms with van der Waals surface area (Å²) in [6.07, 6.45) is 0. The smallest absolute Gasteiger partial charge is 0.143 e. The molecule has 0 aliphatic carbocycles. The Morgan fingerprint density at radius 3 is 1.38 bits per heavy atom. The maximum absolute atomic E-state index is 6.88. The first-order valence-corrected chi connectivity index (χ1v) is 25.5. The van der Waals surface area contributed by atoms with Gasteiger partial charge in [-0.25, -0.2) is 0 Å². The fraction of sp³-hybridized carbons (Fsp3) is 0. The molecular formula is C72H42O2. The van der Waals surface area contributed by atoms with E-state index in [4.69, 9.17) is 8.83 Å². The van der Waals surface area contributed by atoms with E-state index in [0.717, 1.165) is 71.7 Å². The predicted octanol–water partition coefficient (Wildman–Crippen LogP) is 20.7. The molecule has 0 bridgehead atoms. The first-order valence-electron chi connectivity index (χ1n) is 25.5. The van der Waals surface area contributed by atoms with Crippen LogP contribution in [0.25, 0.3) is 164 Å². The van der Waals surface area contributed by atoms with Gasteiger partial charge in [0.2, 0.25) is 0 Å². The molecule has 342 valence electrons. The first kappa shape index (κ1) is 40.9. The number of hydrogen-bond donors (Lipinski definition) is 0. The van der Waals surface area contributed by atoms with Crippen molar-refractivity contribution in [3.63, 3.8) is 0 Å². The molecule has 0 saturated carbocycles. The molecule has 2 heteroatoms. The Morgan fingerprint density at radius 2 is 0.649 bits per heavy atom. The van der Waals surface area contributed by atoms with Crippen LogP contribution < -0.4 is 0 Å². The highest BCUT2D eigenvalue weighted by molar-refractivity contribution is 6.28. The summed E-state index contributed by atoms with van der Waals surface area (Å²) < 4.78 is 13.4. The minimum absolute atomic E-state index is 0.886. The van der Waals surface area contributed by atoms with Gasteiger partial charge < -0.3 is 8.83 Å². The van der Waals surface area contributed by atoms with Crippen molar-refractivity contribution in [2.75, 3.05) is 0 Å². The largest absolute Gasteiger partial charge is 0.456 e. The first-order chi connectivity index (χ1) is 36.7. The molecule has 16 aromatic rings. The molecule has 16 rings (SSSR count). The summed E-state index contributed by atoms with van der Waals surface area (Å²) in [4.78, 5) is 0. The maximum atomic E-state index is 6.88. The van der Waals surface area contributed by atoms with Gasteiger partial charge in [0, 0.05) is 32.7 Å². The van der Waals surface area contributed by atoms with Crippen molar-refractivity contribution in [1.82, 2.24) is 0 Å². The number of rotatable bonds is 5. The van der Waals surface area contributed by atoms with Crippen molar-refractivity contribution in [1.29, 1.82) is 0 Å². The van der Waals surface area contributed by atoms with E-state index in [0.29, 0.717) is 0 Å². The summed E-state index contributed by atoms with van der Waals surface area (Å²) >= 11 is 0. The summed E-state index contributed by atoms with van der Waals surface area (Å²) in [5.41, 5.74) is 15.3. The lowest BCUT2D eigenvalue weighted by Crippen LogP contribution is -1.94. The minimum atomic E-state index is 0.886. The van der Waals surface area contributed by atoms with E-state index in [1.807, 2.05) is 0 Å². The van der Waals surface area contributed by atoms with Crippen molar-refractivity contribution in [2.45, 2.75) is 0 Å². The van der Waals surface area contributed by atoms with E-state index in [9.17, 15) is 0 Å². The molecule has 2 heterocycles. The third kappa shape index (κ3) is 6.00. The molecule has 0 fully saturated rings. The molecule has 0 aliphatic rings. The van der Waals surface area contributed by atoms with Crippen LogP contribution >= 0.6 is 0 Å². The normalized spacial score (nSPS) is 12.1. The van der Waals surface area contributed by atoms with Gasteiger partial charge in [-0.1, -0.05) is 218 Å². The molecule has 0 atom stereocenters. The van der Waals surface area contributed by atoms with Gasteiger partial charge in [-0.2, -0.15) is 0 Å². The van der Waals surface area contributed by atoms with Gasteiger partial charge in [0.05, 0.1) is 0 Å². The average Bonchev–Trinajstić information content (AvgIpc) is 4.05. The second-order valence-corrected chi connectivity index (χ2v) is 19.8. The molecule has 0 N–H and O–H groups in total. The maximum Gasteiger partial charge on any atom is 0.143 e. The van der Waals surface area contributed by atoms with Crippen LogP contribution in [-0.4, -0.2) is 0 Å².